The summed E-state index contributed by atoms with van der Waals surface area (Å²) in [5.41, 5.74) is 0.468. The maximum atomic E-state index is 12.1. The highest BCUT2D eigenvalue weighted by Gasteiger charge is 2.28. The van der Waals surface area contributed by atoms with Crippen molar-refractivity contribution in [3.05, 3.63) is 45.0 Å². The molecule has 0 amide bonds. The number of carbonyl (C=O) groups excluding carboxylic acids is 1. The molecule has 0 saturated heterocycles. The molecule has 1 aromatic carbocycles. The maximum absolute atomic E-state index is 12.1. The molecular formula is C12H14ClNO3. The Bertz CT molecular complexity index is 414. The number of nitro groups is 1. The molecule has 1 unspecified atom stereocenters. The van der Waals surface area contributed by atoms with Crippen LogP contribution in [0.4, 0.5) is 0 Å². The van der Waals surface area contributed by atoms with Crippen LogP contribution in [0.1, 0.15) is 24.2 Å². The number of Topliss-reactive ketones (excluding diaryl/α,β-unsaturated/α-hetero) is 1. The molecule has 5 heteroatoms. The maximum Gasteiger partial charge on any atom is 0.214 e. The van der Waals surface area contributed by atoms with E-state index < -0.39 is 10.8 Å². The molecule has 17 heavy (non-hydrogen) atoms. The Balaban J connectivity index is 2.91. The van der Waals surface area contributed by atoms with Crippen molar-refractivity contribution in [3.8, 4) is 0 Å². The van der Waals surface area contributed by atoms with Gasteiger partial charge in [-0.15, -0.1) is 0 Å². The monoisotopic (exact) mass is 255 g/mol. The van der Waals surface area contributed by atoms with Crippen LogP contribution >= 0.6 is 11.6 Å². The van der Waals surface area contributed by atoms with E-state index in [1.807, 2.05) is 13.8 Å². The minimum atomic E-state index is -0.592. The van der Waals surface area contributed by atoms with Gasteiger partial charge in [-0.1, -0.05) is 25.4 Å². The molecule has 1 aromatic rings. The fraction of sp³-hybridized carbons (Fsp3) is 0.417. The van der Waals surface area contributed by atoms with E-state index >= 15 is 0 Å². The Morgan fingerprint density at radius 3 is 2.29 bits per heavy atom. The summed E-state index contributed by atoms with van der Waals surface area (Å²) >= 11 is 5.72. The topological polar surface area (TPSA) is 60.2 Å². The van der Waals surface area contributed by atoms with Crippen molar-refractivity contribution in [2.45, 2.75) is 13.8 Å². The first-order chi connectivity index (χ1) is 7.91. The van der Waals surface area contributed by atoms with Gasteiger partial charge in [0.1, 0.15) is 0 Å². The van der Waals surface area contributed by atoms with Crippen molar-refractivity contribution in [2.24, 2.45) is 11.8 Å². The lowest BCUT2D eigenvalue weighted by atomic mass is 9.88. The van der Waals surface area contributed by atoms with E-state index in [-0.39, 0.29) is 18.2 Å². The molecule has 0 aliphatic carbocycles. The van der Waals surface area contributed by atoms with Gasteiger partial charge < -0.3 is 0 Å². The van der Waals surface area contributed by atoms with Crippen LogP contribution in [-0.2, 0) is 0 Å². The number of hydrogen-bond donors (Lipinski definition) is 0. The standard InChI is InChI=1S/C12H14ClNO3/c1-8(2)11(7-14(16)17)12(15)9-3-5-10(13)6-4-9/h3-6,8,11H,7H2,1-2H3. The zero-order valence-electron chi connectivity index (χ0n) is 9.72. The van der Waals surface area contributed by atoms with E-state index in [2.05, 4.69) is 0 Å². The van der Waals surface area contributed by atoms with Crippen LogP contribution in [0.5, 0.6) is 0 Å². The Hall–Kier alpha value is -1.42. The van der Waals surface area contributed by atoms with Gasteiger partial charge in [0.2, 0.25) is 6.54 Å². The zero-order chi connectivity index (χ0) is 13.0. The normalized spacial score (nSPS) is 12.5. The van der Waals surface area contributed by atoms with Gasteiger partial charge in [0.15, 0.2) is 5.78 Å². The second-order valence-corrected chi connectivity index (χ2v) is 4.67. The molecule has 0 aliphatic heterocycles. The zero-order valence-corrected chi connectivity index (χ0v) is 10.5. The molecule has 0 fully saturated rings. The van der Waals surface area contributed by atoms with Gasteiger partial charge in [-0.2, -0.15) is 0 Å². The number of carbonyl (C=O) groups is 1. The van der Waals surface area contributed by atoms with Crippen LogP contribution < -0.4 is 0 Å². The number of benzene rings is 1. The average molecular weight is 256 g/mol. The molecule has 0 bridgehead atoms. The third-order valence-corrected chi connectivity index (χ3v) is 2.87. The van der Waals surface area contributed by atoms with Crippen LogP contribution in [0.15, 0.2) is 24.3 Å². The van der Waals surface area contributed by atoms with E-state index in [1.54, 1.807) is 24.3 Å². The lowest BCUT2D eigenvalue weighted by molar-refractivity contribution is -0.486. The first kappa shape index (κ1) is 13.6. The minimum absolute atomic E-state index is 0.0661. The SMILES string of the molecule is CC(C)C(C[N+](=O)[O-])C(=O)c1ccc(Cl)cc1. The third-order valence-electron chi connectivity index (χ3n) is 2.62. The van der Waals surface area contributed by atoms with E-state index in [4.69, 9.17) is 11.6 Å². The van der Waals surface area contributed by atoms with Gasteiger partial charge in [0.25, 0.3) is 0 Å². The summed E-state index contributed by atoms with van der Waals surface area (Å²) in [5.74, 6) is -0.858. The lowest BCUT2D eigenvalue weighted by Gasteiger charge is -2.15. The van der Waals surface area contributed by atoms with Crippen LogP contribution in [0.3, 0.4) is 0 Å². The summed E-state index contributed by atoms with van der Waals surface area (Å²) in [6.45, 7) is 3.28. The van der Waals surface area contributed by atoms with Crippen LogP contribution in [0, 0.1) is 22.0 Å². The summed E-state index contributed by atoms with van der Waals surface area (Å²) in [7, 11) is 0. The number of rotatable bonds is 5. The van der Waals surface area contributed by atoms with Crippen molar-refractivity contribution in [1.29, 1.82) is 0 Å². The third kappa shape index (κ3) is 3.82. The Kier molecular flexibility index (Phi) is 4.63. The molecule has 0 aliphatic rings. The molecule has 4 nitrogen and oxygen atoms in total. The molecule has 0 heterocycles. The van der Waals surface area contributed by atoms with E-state index in [9.17, 15) is 14.9 Å². The van der Waals surface area contributed by atoms with Crippen molar-refractivity contribution in [3.63, 3.8) is 0 Å². The first-order valence-corrected chi connectivity index (χ1v) is 5.71. The van der Waals surface area contributed by atoms with E-state index in [0.717, 1.165) is 0 Å². The van der Waals surface area contributed by atoms with Crippen molar-refractivity contribution >= 4 is 17.4 Å². The highest BCUT2D eigenvalue weighted by Crippen LogP contribution is 2.19. The first-order valence-electron chi connectivity index (χ1n) is 5.33. The van der Waals surface area contributed by atoms with Gasteiger partial charge in [0.05, 0.1) is 5.92 Å². The molecule has 0 spiro atoms. The quantitative estimate of drug-likeness (QED) is 0.461. The van der Waals surface area contributed by atoms with Crippen molar-refractivity contribution < 1.29 is 9.72 Å². The molecule has 92 valence electrons. The molecule has 1 rings (SSSR count). The summed E-state index contributed by atoms with van der Waals surface area (Å²) in [4.78, 5) is 22.2. The minimum Gasteiger partial charge on any atom is -0.294 e. The van der Waals surface area contributed by atoms with Gasteiger partial charge in [-0.3, -0.25) is 14.9 Å². The number of hydrogen-bond acceptors (Lipinski definition) is 3. The Morgan fingerprint density at radius 2 is 1.88 bits per heavy atom. The smallest absolute Gasteiger partial charge is 0.214 e. The molecule has 0 radical (unpaired) electrons. The molecule has 0 N–H and O–H groups in total. The number of nitrogens with zero attached hydrogens (tertiary/aromatic N) is 1. The molecular weight excluding hydrogens is 242 g/mol. The molecule has 1 atom stereocenters. The molecule has 0 saturated carbocycles. The Morgan fingerprint density at radius 1 is 1.35 bits per heavy atom. The fourth-order valence-corrected chi connectivity index (χ4v) is 1.71. The van der Waals surface area contributed by atoms with Gasteiger partial charge in [0, 0.05) is 15.5 Å². The lowest BCUT2D eigenvalue weighted by Crippen LogP contribution is -2.28. The Labute approximate surface area is 105 Å². The largest absolute Gasteiger partial charge is 0.294 e. The highest BCUT2D eigenvalue weighted by molar-refractivity contribution is 6.30. The summed E-state index contributed by atoms with van der Waals surface area (Å²) < 4.78 is 0. The van der Waals surface area contributed by atoms with E-state index in [1.165, 1.54) is 0 Å². The van der Waals surface area contributed by atoms with Gasteiger partial charge in [-0.05, 0) is 30.2 Å². The second-order valence-electron chi connectivity index (χ2n) is 4.24. The van der Waals surface area contributed by atoms with Crippen LogP contribution in [0.25, 0.3) is 0 Å². The highest BCUT2D eigenvalue weighted by atomic mass is 35.5. The van der Waals surface area contributed by atoms with Gasteiger partial charge >= 0.3 is 0 Å². The predicted octanol–water partition coefficient (Wildman–Crippen LogP) is 3.07. The second kappa shape index (κ2) is 5.77. The number of halogens is 1. The summed E-state index contributed by atoms with van der Waals surface area (Å²) in [6.07, 6.45) is 0. The van der Waals surface area contributed by atoms with Crippen molar-refractivity contribution in [1.82, 2.24) is 0 Å². The molecule has 0 aromatic heterocycles. The van der Waals surface area contributed by atoms with Crippen LogP contribution in [-0.4, -0.2) is 17.3 Å². The van der Waals surface area contributed by atoms with Crippen molar-refractivity contribution in [2.75, 3.05) is 6.54 Å². The van der Waals surface area contributed by atoms with Crippen LogP contribution in [0.2, 0.25) is 5.02 Å². The average Bonchev–Trinajstić information content (AvgIpc) is 2.25. The van der Waals surface area contributed by atoms with Gasteiger partial charge in [-0.25, -0.2) is 0 Å². The van der Waals surface area contributed by atoms with E-state index in [0.29, 0.717) is 10.6 Å². The fourth-order valence-electron chi connectivity index (χ4n) is 1.59. The predicted molar refractivity (Wildman–Crippen MR) is 66.0 cm³/mol. The summed E-state index contributed by atoms with van der Waals surface area (Å²) in [5, 5.41) is 11.1. The number of ketones is 1. The summed E-state index contributed by atoms with van der Waals surface area (Å²) in [6, 6.07) is 6.41.